The lowest BCUT2D eigenvalue weighted by Crippen LogP contribution is -2.41. The molecule has 0 saturated heterocycles. The minimum atomic E-state index is -0.860. The van der Waals surface area contributed by atoms with Crippen molar-refractivity contribution in [2.45, 2.75) is 26.8 Å². The number of benzene rings is 1. The molecule has 118 valence electrons. The molecule has 0 aliphatic rings. The molecular weight excluding hydrogens is 268 g/mol. The quantitative estimate of drug-likeness (QED) is 0.809. The van der Waals surface area contributed by atoms with Gasteiger partial charge in [-0.15, -0.1) is 0 Å². The van der Waals surface area contributed by atoms with Gasteiger partial charge in [-0.1, -0.05) is 26.8 Å². The summed E-state index contributed by atoms with van der Waals surface area (Å²) in [6.07, 6.45) is 0. The lowest BCUT2D eigenvalue weighted by atomic mass is 9.86. The smallest absolute Gasteiger partial charge is 0.326 e. The lowest BCUT2D eigenvalue weighted by molar-refractivity contribution is -0.140. The number of carbonyl (C=O) groups is 1. The van der Waals surface area contributed by atoms with Crippen LogP contribution < -0.4 is 10.1 Å². The molecule has 1 aromatic rings. The van der Waals surface area contributed by atoms with E-state index in [4.69, 9.17) is 4.74 Å². The van der Waals surface area contributed by atoms with E-state index in [0.29, 0.717) is 6.61 Å². The van der Waals surface area contributed by atoms with Crippen molar-refractivity contribution in [3.05, 3.63) is 24.3 Å². The van der Waals surface area contributed by atoms with Gasteiger partial charge in [0, 0.05) is 18.3 Å². The summed E-state index contributed by atoms with van der Waals surface area (Å²) in [5.41, 5.74) is 0.368. The summed E-state index contributed by atoms with van der Waals surface area (Å²) in [6.45, 7) is 7.12. The van der Waals surface area contributed by atoms with Crippen molar-refractivity contribution in [2.24, 2.45) is 5.41 Å². The maximum atomic E-state index is 11.4. The van der Waals surface area contributed by atoms with Crippen molar-refractivity contribution in [2.75, 3.05) is 32.6 Å². The van der Waals surface area contributed by atoms with E-state index in [-0.39, 0.29) is 5.41 Å². The lowest BCUT2D eigenvalue weighted by Gasteiger charge is -2.28. The first kappa shape index (κ1) is 17.3. The zero-order valence-electron chi connectivity index (χ0n) is 13.5. The van der Waals surface area contributed by atoms with E-state index in [2.05, 4.69) is 5.32 Å². The van der Waals surface area contributed by atoms with Gasteiger partial charge < -0.3 is 20.1 Å². The molecule has 0 fully saturated rings. The van der Waals surface area contributed by atoms with Gasteiger partial charge in [-0.2, -0.15) is 0 Å². The van der Waals surface area contributed by atoms with E-state index in [0.717, 1.165) is 18.0 Å². The molecule has 21 heavy (non-hydrogen) atoms. The minimum Gasteiger partial charge on any atom is -0.492 e. The summed E-state index contributed by atoms with van der Waals surface area (Å²) < 4.78 is 5.66. The Morgan fingerprint density at radius 1 is 1.38 bits per heavy atom. The van der Waals surface area contributed by atoms with Crippen molar-refractivity contribution in [3.63, 3.8) is 0 Å². The first-order valence-corrected chi connectivity index (χ1v) is 7.07. The van der Waals surface area contributed by atoms with E-state index >= 15 is 0 Å². The van der Waals surface area contributed by atoms with Gasteiger partial charge in [0.1, 0.15) is 18.4 Å². The minimum absolute atomic E-state index is 0.381. The molecule has 0 unspecified atom stereocenters. The number of ether oxygens (including phenoxy) is 1. The van der Waals surface area contributed by atoms with Crippen LogP contribution in [0.25, 0.3) is 0 Å². The van der Waals surface area contributed by atoms with Crippen LogP contribution in [-0.4, -0.2) is 49.3 Å². The number of aliphatic carboxylic acids is 1. The molecule has 0 bridgehead atoms. The van der Waals surface area contributed by atoms with Crippen molar-refractivity contribution >= 4 is 11.7 Å². The number of rotatable bonds is 7. The second-order valence-electron chi connectivity index (χ2n) is 6.46. The molecule has 0 aliphatic carbocycles. The van der Waals surface area contributed by atoms with Gasteiger partial charge in [-0.25, -0.2) is 4.79 Å². The Morgan fingerprint density at radius 3 is 2.57 bits per heavy atom. The molecule has 1 atom stereocenters. The average Bonchev–Trinajstić information content (AvgIpc) is 2.34. The number of carboxylic acid groups (broad SMARTS) is 1. The van der Waals surface area contributed by atoms with E-state index in [9.17, 15) is 9.90 Å². The number of anilines is 1. The maximum absolute atomic E-state index is 11.4. The number of likely N-dealkylation sites (N-methyl/N-ethyl adjacent to an activating group) is 1. The monoisotopic (exact) mass is 294 g/mol. The SMILES string of the molecule is CN(C)CCOc1cccc(N[C@H](C(=O)O)C(C)(C)C)c1. The highest BCUT2D eigenvalue weighted by Gasteiger charge is 2.31. The zero-order chi connectivity index (χ0) is 16.0. The molecule has 1 aromatic carbocycles. The van der Waals surface area contributed by atoms with E-state index in [1.54, 1.807) is 0 Å². The Labute approximate surface area is 126 Å². The Morgan fingerprint density at radius 2 is 2.05 bits per heavy atom. The molecule has 0 aliphatic heterocycles. The second-order valence-corrected chi connectivity index (χ2v) is 6.46. The number of nitrogens with one attached hydrogen (secondary N) is 1. The zero-order valence-corrected chi connectivity index (χ0v) is 13.5. The number of carboxylic acids is 1. The highest BCUT2D eigenvalue weighted by atomic mass is 16.5. The van der Waals surface area contributed by atoms with Crippen molar-refractivity contribution in [3.8, 4) is 5.75 Å². The molecule has 0 aromatic heterocycles. The molecule has 5 nitrogen and oxygen atoms in total. The second kappa shape index (κ2) is 7.31. The standard InChI is InChI=1S/C16H26N2O3/c1-16(2,3)14(15(19)20)17-12-7-6-8-13(11-12)21-10-9-18(4)5/h6-8,11,14,17H,9-10H2,1-5H3,(H,19,20)/t14-/m1/s1. The highest BCUT2D eigenvalue weighted by Crippen LogP contribution is 2.25. The largest absolute Gasteiger partial charge is 0.492 e. The third kappa shape index (κ3) is 6.04. The first-order chi connectivity index (χ1) is 9.70. The van der Waals surface area contributed by atoms with Crippen LogP contribution >= 0.6 is 0 Å². The molecule has 0 heterocycles. The number of hydrogen-bond donors (Lipinski definition) is 2. The van der Waals surface area contributed by atoms with Gasteiger partial charge in [0.15, 0.2) is 0 Å². The summed E-state index contributed by atoms with van der Waals surface area (Å²) in [7, 11) is 3.98. The Kier molecular flexibility index (Phi) is 6.03. The fourth-order valence-electron chi connectivity index (χ4n) is 1.84. The highest BCUT2D eigenvalue weighted by molar-refractivity contribution is 5.78. The van der Waals surface area contributed by atoms with Crippen LogP contribution in [0.5, 0.6) is 5.75 Å². The van der Waals surface area contributed by atoms with Crippen LogP contribution in [0.3, 0.4) is 0 Å². The van der Waals surface area contributed by atoms with Crippen LogP contribution in [0, 0.1) is 5.41 Å². The van der Waals surface area contributed by atoms with E-state index < -0.39 is 12.0 Å². The third-order valence-corrected chi connectivity index (χ3v) is 3.07. The molecule has 0 amide bonds. The molecule has 0 spiro atoms. The number of hydrogen-bond acceptors (Lipinski definition) is 4. The van der Waals surface area contributed by atoms with Crippen LogP contribution in [0.15, 0.2) is 24.3 Å². The van der Waals surface area contributed by atoms with Crippen LogP contribution in [0.2, 0.25) is 0 Å². The van der Waals surface area contributed by atoms with Gasteiger partial charge in [0.05, 0.1) is 0 Å². The van der Waals surface area contributed by atoms with Gasteiger partial charge >= 0.3 is 5.97 Å². The predicted octanol–water partition coefficient (Wildman–Crippen LogP) is 2.54. The normalized spacial score (nSPS) is 13.0. The first-order valence-electron chi connectivity index (χ1n) is 7.07. The summed E-state index contributed by atoms with van der Waals surface area (Å²) in [5.74, 6) is -0.124. The summed E-state index contributed by atoms with van der Waals surface area (Å²) in [6, 6.07) is 6.75. The predicted molar refractivity (Wildman–Crippen MR) is 85.0 cm³/mol. The van der Waals surface area contributed by atoms with Crippen LogP contribution in [0.1, 0.15) is 20.8 Å². The summed E-state index contributed by atoms with van der Waals surface area (Å²) in [5, 5.41) is 12.4. The average molecular weight is 294 g/mol. The van der Waals surface area contributed by atoms with E-state index in [1.165, 1.54) is 0 Å². The number of nitrogens with zero attached hydrogens (tertiary/aromatic N) is 1. The van der Waals surface area contributed by atoms with Crippen molar-refractivity contribution < 1.29 is 14.6 Å². The van der Waals surface area contributed by atoms with Crippen LogP contribution in [-0.2, 0) is 4.79 Å². The van der Waals surface area contributed by atoms with Crippen molar-refractivity contribution in [1.82, 2.24) is 4.90 Å². The Balaban J connectivity index is 2.73. The molecule has 2 N–H and O–H groups in total. The maximum Gasteiger partial charge on any atom is 0.326 e. The topological polar surface area (TPSA) is 61.8 Å². The summed E-state index contributed by atoms with van der Waals surface area (Å²) >= 11 is 0. The molecular formula is C16H26N2O3. The van der Waals surface area contributed by atoms with Crippen LogP contribution in [0.4, 0.5) is 5.69 Å². The molecule has 0 saturated carbocycles. The fourth-order valence-corrected chi connectivity index (χ4v) is 1.84. The van der Waals surface area contributed by atoms with Gasteiger partial charge in [-0.05, 0) is 31.6 Å². The Hall–Kier alpha value is -1.75. The third-order valence-electron chi connectivity index (χ3n) is 3.07. The van der Waals surface area contributed by atoms with Crippen molar-refractivity contribution in [1.29, 1.82) is 0 Å². The Bertz CT molecular complexity index is 467. The fraction of sp³-hybridized carbons (Fsp3) is 0.562. The van der Waals surface area contributed by atoms with E-state index in [1.807, 2.05) is 64.0 Å². The summed E-state index contributed by atoms with van der Waals surface area (Å²) in [4.78, 5) is 13.4. The van der Waals surface area contributed by atoms with Gasteiger partial charge in [-0.3, -0.25) is 0 Å². The van der Waals surface area contributed by atoms with Gasteiger partial charge in [0.25, 0.3) is 0 Å². The van der Waals surface area contributed by atoms with Gasteiger partial charge in [0.2, 0.25) is 0 Å². The molecule has 5 heteroatoms. The molecule has 1 rings (SSSR count). The molecule has 0 radical (unpaired) electrons.